The van der Waals surface area contributed by atoms with E-state index in [9.17, 15) is 34.2 Å². The van der Waals surface area contributed by atoms with Gasteiger partial charge in [0.2, 0.25) is 23.6 Å². The smallest absolute Gasteiger partial charge is 0.326 e. The van der Waals surface area contributed by atoms with Gasteiger partial charge in [0.15, 0.2) is 0 Å². The molecule has 11 N–H and O–H groups in total. The van der Waals surface area contributed by atoms with Crippen LogP contribution in [0.1, 0.15) is 59.3 Å². The molecule has 0 aliphatic rings. The Labute approximate surface area is 199 Å². The van der Waals surface area contributed by atoms with Crippen LogP contribution in [0, 0.1) is 5.92 Å². The maximum atomic E-state index is 12.9. The molecule has 6 atom stereocenters. The van der Waals surface area contributed by atoms with Gasteiger partial charge in [-0.05, 0) is 45.1 Å². The molecule has 0 aromatic carbocycles. The number of aliphatic carboxylic acids is 1. The minimum Gasteiger partial charge on any atom is -0.480 e. The quantitative estimate of drug-likeness (QED) is 0.102. The van der Waals surface area contributed by atoms with Gasteiger partial charge in [0, 0.05) is 6.42 Å². The van der Waals surface area contributed by atoms with Crippen LogP contribution in [0.15, 0.2) is 0 Å². The number of hydrogen-bond donors (Lipinski definition) is 8. The number of hydrogen-bond acceptors (Lipinski definition) is 8. The largest absolute Gasteiger partial charge is 0.480 e. The number of rotatable bonds is 17. The van der Waals surface area contributed by atoms with Gasteiger partial charge in [-0.15, -0.1) is 0 Å². The Bertz CT molecular complexity index is 703. The van der Waals surface area contributed by atoms with Gasteiger partial charge in [-0.25, -0.2) is 4.79 Å². The lowest BCUT2D eigenvalue weighted by molar-refractivity contribution is -0.142. The van der Waals surface area contributed by atoms with E-state index in [1.54, 1.807) is 6.92 Å². The first-order valence-electron chi connectivity index (χ1n) is 11.4. The summed E-state index contributed by atoms with van der Waals surface area (Å²) >= 11 is 0. The van der Waals surface area contributed by atoms with E-state index >= 15 is 0 Å². The monoisotopic (exact) mass is 488 g/mol. The Hall–Kier alpha value is -2.77. The third-order valence-corrected chi connectivity index (χ3v) is 5.50. The molecule has 0 spiro atoms. The van der Waals surface area contributed by atoms with Crippen molar-refractivity contribution in [2.75, 3.05) is 6.54 Å². The first kappa shape index (κ1) is 31.2. The molecule has 13 nitrogen and oxygen atoms in total. The summed E-state index contributed by atoms with van der Waals surface area (Å²) in [5.41, 5.74) is 16.4. The van der Waals surface area contributed by atoms with E-state index in [4.69, 9.17) is 17.2 Å². The zero-order valence-corrected chi connectivity index (χ0v) is 20.1. The normalized spacial score (nSPS) is 16.3. The summed E-state index contributed by atoms with van der Waals surface area (Å²) in [4.78, 5) is 60.5. The summed E-state index contributed by atoms with van der Waals surface area (Å²) in [5.74, 6) is -4.52. The van der Waals surface area contributed by atoms with Crippen molar-refractivity contribution in [3.63, 3.8) is 0 Å². The molecule has 0 saturated carbocycles. The van der Waals surface area contributed by atoms with Crippen LogP contribution in [-0.4, -0.2) is 76.6 Å². The number of carbonyl (C=O) groups excluding carboxylic acids is 4. The molecule has 0 radical (unpaired) electrons. The molecule has 0 heterocycles. The molecule has 4 amide bonds. The number of carbonyl (C=O) groups is 5. The van der Waals surface area contributed by atoms with Gasteiger partial charge in [0.1, 0.15) is 18.1 Å². The summed E-state index contributed by atoms with van der Waals surface area (Å²) in [6.45, 7) is 5.28. The van der Waals surface area contributed by atoms with Gasteiger partial charge in [-0.3, -0.25) is 19.2 Å². The molecule has 196 valence electrons. The van der Waals surface area contributed by atoms with E-state index in [0.717, 1.165) is 0 Å². The number of aliphatic hydroxyl groups excluding tert-OH is 1. The van der Waals surface area contributed by atoms with Crippen LogP contribution in [0.2, 0.25) is 0 Å². The molecule has 0 saturated heterocycles. The van der Waals surface area contributed by atoms with Crippen LogP contribution < -0.4 is 33.2 Å². The maximum Gasteiger partial charge on any atom is 0.326 e. The summed E-state index contributed by atoms with van der Waals surface area (Å²) in [6, 6.07) is -4.85. The van der Waals surface area contributed by atoms with Gasteiger partial charge in [-0.2, -0.15) is 0 Å². The number of nitrogens with one attached hydrogen (secondary N) is 3. The van der Waals surface area contributed by atoms with Crippen LogP contribution in [-0.2, 0) is 24.0 Å². The molecule has 6 unspecified atom stereocenters. The fraction of sp³-hybridized carbons (Fsp3) is 0.762. The summed E-state index contributed by atoms with van der Waals surface area (Å²) in [6.07, 6.45) is -0.0347. The van der Waals surface area contributed by atoms with E-state index in [0.29, 0.717) is 25.8 Å². The topological polar surface area (TPSA) is 240 Å². The first-order chi connectivity index (χ1) is 15.8. The Balaban J connectivity index is 5.48. The first-order valence-corrected chi connectivity index (χ1v) is 11.4. The third-order valence-electron chi connectivity index (χ3n) is 5.50. The van der Waals surface area contributed by atoms with Crippen molar-refractivity contribution in [3.8, 4) is 0 Å². The lowest BCUT2D eigenvalue weighted by Crippen LogP contribution is -2.60. The molecule has 0 aromatic rings. The summed E-state index contributed by atoms with van der Waals surface area (Å²) < 4.78 is 0. The molecule has 0 fully saturated rings. The van der Waals surface area contributed by atoms with Gasteiger partial charge in [0.05, 0.1) is 12.1 Å². The van der Waals surface area contributed by atoms with E-state index in [2.05, 4.69) is 16.0 Å². The summed E-state index contributed by atoms with van der Waals surface area (Å²) in [5, 5.41) is 26.6. The highest BCUT2D eigenvalue weighted by molar-refractivity contribution is 5.94. The number of unbranched alkanes of at least 4 members (excludes halogenated alkanes) is 1. The lowest BCUT2D eigenvalue weighted by atomic mass is 9.98. The predicted molar refractivity (Wildman–Crippen MR) is 124 cm³/mol. The standard InChI is InChI=1S/C21H40N6O7/c1-4-11(2)16(24)19(31)27-17(12(3)28)20(32)25-13(7-5-6-10-22)18(30)26-14(21(33)34)8-9-15(23)29/h11-14,16-17,28H,4-10,22,24H2,1-3H3,(H2,23,29)(H,25,32)(H,26,30)(H,27,31)(H,33,34). The number of amides is 4. The minimum absolute atomic E-state index is 0.129. The van der Waals surface area contributed by atoms with Crippen molar-refractivity contribution in [1.29, 1.82) is 0 Å². The molecule has 0 rings (SSSR count). The van der Waals surface area contributed by atoms with Gasteiger partial charge in [0.25, 0.3) is 0 Å². The van der Waals surface area contributed by atoms with E-state index < -0.39 is 59.9 Å². The third kappa shape index (κ3) is 11.4. The van der Waals surface area contributed by atoms with Gasteiger partial charge < -0.3 is 43.4 Å². The maximum absolute atomic E-state index is 12.9. The van der Waals surface area contributed by atoms with E-state index in [1.807, 2.05) is 6.92 Å². The van der Waals surface area contributed by atoms with Gasteiger partial charge in [-0.1, -0.05) is 20.3 Å². The Morgan fingerprint density at radius 3 is 1.94 bits per heavy atom. The molecule has 13 heteroatoms. The van der Waals surface area contributed by atoms with E-state index in [-0.39, 0.29) is 25.2 Å². The fourth-order valence-corrected chi connectivity index (χ4v) is 3.01. The van der Waals surface area contributed by atoms with Crippen molar-refractivity contribution in [1.82, 2.24) is 16.0 Å². The lowest BCUT2D eigenvalue weighted by Gasteiger charge is -2.27. The zero-order chi connectivity index (χ0) is 26.4. The zero-order valence-electron chi connectivity index (χ0n) is 20.1. The van der Waals surface area contributed by atoms with Crippen LogP contribution in [0.25, 0.3) is 0 Å². The van der Waals surface area contributed by atoms with Crippen LogP contribution in [0.4, 0.5) is 0 Å². The van der Waals surface area contributed by atoms with Crippen LogP contribution in [0.5, 0.6) is 0 Å². The SMILES string of the molecule is CCC(C)C(N)C(=O)NC(C(=O)NC(CCCCN)C(=O)NC(CCC(N)=O)C(=O)O)C(C)O. The Morgan fingerprint density at radius 2 is 1.47 bits per heavy atom. The van der Waals surface area contributed by atoms with Crippen molar-refractivity contribution in [2.45, 2.75) is 89.6 Å². The number of carboxylic acid groups (broad SMARTS) is 1. The number of aliphatic hydroxyl groups is 1. The second-order valence-corrected chi connectivity index (χ2v) is 8.39. The second kappa shape index (κ2) is 16.0. The van der Waals surface area contributed by atoms with Crippen molar-refractivity contribution in [2.24, 2.45) is 23.1 Å². The highest BCUT2D eigenvalue weighted by atomic mass is 16.4. The van der Waals surface area contributed by atoms with Gasteiger partial charge >= 0.3 is 5.97 Å². The average Bonchev–Trinajstić information content (AvgIpc) is 2.77. The van der Waals surface area contributed by atoms with E-state index in [1.165, 1.54) is 6.92 Å². The molecule has 0 aliphatic heterocycles. The number of carboxylic acids is 1. The highest BCUT2D eigenvalue weighted by Crippen LogP contribution is 2.08. The molecular formula is C21H40N6O7. The molecule has 0 aromatic heterocycles. The molecule has 0 bridgehead atoms. The second-order valence-electron chi connectivity index (χ2n) is 8.39. The fourth-order valence-electron chi connectivity index (χ4n) is 3.01. The Morgan fingerprint density at radius 1 is 0.882 bits per heavy atom. The van der Waals surface area contributed by atoms with Crippen LogP contribution in [0.3, 0.4) is 0 Å². The van der Waals surface area contributed by atoms with Crippen LogP contribution >= 0.6 is 0 Å². The summed E-state index contributed by atoms with van der Waals surface area (Å²) in [7, 11) is 0. The minimum atomic E-state index is -1.39. The average molecular weight is 489 g/mol. The van der Waals surface area contributed by atoms with Crippen molar-refractivity contribution >= 4 is 29.6 Å². The van der Waals surface area contributed by atoms with Crippen molar-refractivity contribution < 1.29 is 34.2 Å². The van der Waals surface area contributed by atoms with Crippen molar-refractivity contribution in [3.05, 3.63) is 0 Å². The number of primary amides is 1. The molecular weight excluding hydrogens is 448 g/mol. The Kier molecular flexibility index (Phi) is 14.7. The number of nitrogens with two attached hydrogens (primary N) is 3. The molecule has 34 heavy (non-hydrogen) atoms. The predicted octanol–water partition coefficient (Wildman–Crippen LogP) is -2.33. The highest BCUT2D eigenvalue weighted by Gasteiger charge is 2.33. The molecule has 0 aliphatic carbocycles.